The Labute approximate surface area is 134 Å². The molecule has 0 bridgehead atoms. The van der Waals surface area contributed by atoms with E-state index in [1.807, 2.05) is 0 Å². The summed E-state index contributed by atoms with van der Waals surface area (Å²) in [6, 6.07) is 2.52. The van der Waals surface area contributed by atoms with Crippen LogP contribution in [0.4, 0.5) is 0 Å². The van der Waals surface area contributed by atoms with E-state index in [1.54, 1.807) is 0 Å². The molecule has 4 aliphatic carbocycles. The molecule has 0 aromatic carbocycles. The van der Waals surface area contributed by atoms with Crippen molar-refractivity contribution in [2.75, 3.05) is 0 Å². The van der Waals surface area contributed by atoms with Crippen LogP contribution in [0, 0.1) is 51.8 Å². The number of rotatable bonds is 0. The maximum Gasteiger partial charge on any atom is 0.140 e. The minimum absolute atomic E-state index is 0.00552. The number of carbonyl (C=O) groups excluding carboxylic acids is 1. The first-order valence-electron chi connectivity index (χ1n) is 9.43. The van der Waals surface area contributed by atoms with Gasteiger partial charge in [0.1, 0.15) is 5.78 Å². The number of hydrogen-bond acceptors (Lipinski definition) is 2. The van der Waals surface area contributed by atoms with Crippen molar-refractivity contribution in [2.24, 2.45) is 40.4 Å². The highest BCUT2D eigenvalue weighted by molar-refractivity contribution is 5.88. The Bertz CT molecular complexity index is 534. The lowest BCUT2D eigenvalue weighted by Gasteiger charge is -2.59. The lowest BCUT2D eigenvalue weighted by molar-refractivity contribution is -0.139. The molecule has 0 saturated heterocycles. The quantitative estimate of drug-likeness (QED) is 0.648. The van der Waals surface area contributed by atoms with Gasteiger partial charge >= 0.3 is 0 Å². The average Bonchev–Trinajstić information content (AvgIpc) is 2.78. The first kappa shape index (κ1) is 14.7. The fourth-order valence-corrected chi connectivity index (χ4v) is 7.30. The van der Waals surface area contributed by atoms with Gasteiger partial charge in [-0.2, -0.15) is 5.26 Å². The summed E-state index contributed by atoms with van der Waals surface area (Å²) < 4.78 is 0. The molecule has 0 aromatic rings. The molecule has 4 rings (SSSR count). The van der Waals surface area contributed by atoms with E-state index in [2.05, 4.69) is 19.9 Å². The maximum absolute atomic E-state index is 12.6. The van der Waals surface area contributed by atoms with E-state index < -0.39 is 0 Å². The second kappa shape index (κ2) is 4.83. The summed E-state index contributed by atoms with van der Waals surface area (Å²) in [7, 11) is 0. The summed E-state index contributed by atoms with van der Waals surface area (Å²) in [4.78, 5) is 12.6. The summed E-state index contributed by atoms with van der Waals surface area (Å²) in [6.45, 7) is 4.73. The highest BCUT2D eigenvalue weighted by Crippen LogP contribution is 2.66. The fourth-order valence-electron chi connectivity index (χ4n) is 7.30. The van der Waals surface area contributed by atoms with Gasteiger partial charge in [-0.25, -0.2) is 0 Å². The molecule has 0 aliphatic heterocycles. The molecule has 22 heavy (non-hydrogen) atoms. The van der Waals surface area contributed by atoms with E-state index in [0.717, 1.165) is 18.3 Å². The molecule has 0 heterocycles. The first-order valence-corrected chi connectivity index (χ1v) is 9.43. The van der Waals surface area contributed by atoms with Crippen LogP contribution in [0.3, 0.4) is 0 Å². The number of fused-ring (bicyclic) bond motifs is 5. The van der Waals surface area contributed by atoms with Crippen LogP contribution in [-0.4, -0.2) is 5.78 Å². The Morgan fingerprint density at radius 2 is 1.91 bits per heavy atom. The van der Waals surface area contributed by atoms with Gasteiger partial charge in [-0.05, 0) is 67.6 Å². The molecular formula is C20H29NO. The van der Waals surface area contributed by atoms with Gasteiger partial charge in [0.25, 0.3) is 0 Å². The van der Waals surface area contributed by atoms with Gasteiger partial charge in [-0.15, -0.1) is 0 Å². The third-order valence-electron chi connectivity index (χ3n) is 8.48. The van der Waals surface area contributed by atoms with E-state index in [0.29, 0.717) is 29.5 Å². The Hall–Kier alpha value is -0.840. The monoisotopic (exact) mass is 299 g/mol. The van der Waals surface area contributed by atoms with Gasteiger partial charge in [-0.3, -0.25) is 4.79 Å². The molecule has 0 amide bonds. The number of nitrogens with zero attached hydrogens (tertiary/aromatic N) is 1. The fraction of sp³-hybridized carbons (Fsp3) is 0.900. The smallest absolute Gasteiger partial charge is 0.140 e. The van der Waals surface area contributed by atoms with Crippen LogP contribution in [-0.2, 0) is 4.79 Å². The van der Waals surface area contributed by atoms with E-state index >= 15 is 0 Å². The maximum atomic E-state index is 12.6. The van der Waals surface area contributed by atoms with E-state index in [1.165, 1.54) is 44.9 Å². The molecule has 4 fully saturated rings. The zero-order valence-corrected chi connectivity index (χ0v) is 14.1. The molecule has 0 radical (unpaired) electrons. The van der Waals surface area contributed by atoms with Crippen molar-refractivity contribution in [1.82, 2.24) is 0 Å². The minimum atomic E-state index is -0.181. The lowest BCUT2D eigenvalue weighted by Crippen LogP contribution is -2.53. The molecule has 0 N–H and O–H groups in total. The standard InChI is InChI=1S/C20H29NO/c1-19-9-4-3-5-14(19)6-7-15-16(19)8-10-20(2)17(22)11-13(12-21)18(15)20/h13-16,18H,3-11H2,1-2H3/t13-,14+,15+,16-,18-,19-,20+/m0/s1. The molecule has 2 nitrogen and oxygen atoms in total. The molecule has 0 spiro atoms. The van der Waals surface area contributed by atoms with Crippen molar-refractivity contribution < 1.29 is 4.79 Å². The molecule has 120 valence electrons. The predicted octanol–water partition coefficient (Wildman–Crippen LogP) is 4.74. The zero-order chi connectivity index (χ0) is 15.5. The second-order valence-electron chi connectivity index (χ2n) is 9.14. The number of Topliss-reactive ketones (excluding diaryl/α,β-unsaturated/α-hetero) is 1. The minimum Gasteiger partial charge on any atom is -0.299 e. The van der Waals surface area contributed by atoms with Crippen LogP contribution in [0.25, 0.3) is 0 Å². The van der Waals surface area contributed by atoms with Crippen LogP contribution in [0.5, 0.6) is 0 Å². The van der Waals surface area contributed by atoms with Crippen molar-refractivity contribution in [2.45, 2.75) is 71.6 Å². The van der Waals surface area contributed by atoms with Crippen LogP contribution in [0.2, 0.25) is 0 Å². The third kappa shape index (κ3) is 1.75. The van der Waals surface area contributed by atoms with Crippen molar-refractivity contribution in [3.63, 3.8) is 0 Å². The van der Waals surface area contributed by atoms with Crippen LogP contribution in [0.1, 0.15) is 71.6 Å². The van der Waals surface area contributed by atoms with E-state index in [4.69, 9.17) is 0 Å². The first-order chi connectivity index (χ1) is 10.5. The van der Waals surface area contributed by atoms with Crippen LogP contribution in [0.15, 0.2) is 0 Å². The molecular weight excluding hydrogens is 270 g/mol. The molecule has 4 saturated carbocycles. The molecule has 7 atom stereocenters. The Morgan fingerprint density at radius 3 is 2.68 bits per heavy atom. The Morgan fingerprint density at radius 1 is 1.09 bits per heavy atom. The van der Waals surface area contributed by atoms with Gasteiger partial charge in [0.2, 0.25) is 0 Å². The second-order valence-corrected chi connectivity index (χ2v) is 9.14. The highest BCUT2D eigenvalue weighted by atomic mass is 16.1. The van der Waals surface area contributed by atoms with E-state index in [-0.39, 0.29) is 11.3 Å². The van der Waals surface area contributed by atoms with Crippen LogP contribution < -0.4 is 0 Å². The third-order valence-corrected chi connectivity index (χ3v) is 8.48. The van der Waals surface area contributed by atoms with E-state index in [9.17, 15) is 10.1 Å². The van der Waals surface area contributed by atoms with Crippen molar-refractivity contribution in [3.05, 3.63) is 0 Å². The van der Waals surface area contributed by atoms with Crippen LogP contribution >= 0.6 is 0 Å². The van der Waals surface area contributed by atoms with Gasteiger partial charge in [0.05, 0.1) is 12.0 Å². The summed E-state index contributed by atoms with van der Waals surface area (Å²) in [5.74, 6) is 3.04. The van der Waals surface area contributed by atoms with Crippen molar-refractivity contribution >= 4 is 5.78 Å². The summed E-state index contributed by atoms with van der Waals surface area (Å²) >= 11 is 0. The zero-order valence-electron chi connectivity index (χ0n) is 14.1. The number of ketones is 1. The largest absolute Gasteiger partial charge is 0.299 e. The molecule has 2 heteroatoms. The topological polar surface area (TPSA) is 40.9 Å². The number of carbonyl (C=O) groups is 1. The van der Waals surface area contributed by atoms with Gasteiger partial charge in [-0.1, -0.05) is 26.7 Å². The van der Waals surface area contributed by atoms with Gasteiger partial charge in [0.15, 0.2) is 0 Å². The van der Waals surface area contributed by atoms with Gasteiger partial charge in [0, 0.05) is 11.8 Å². The molecule has 0 aromatic heterocycles. The summed E-state index contributed by atoms with van der Waals surface area (Å²) in [5.41, 5.74) is 0.313. The predicted molar refractivity (Wildman–Crippen MR) is 85.8 cm³/mol. The number of nitriles is 1. The average molecular weight is 299 g/mol. The Balaban J connectivity index is 1.71. The van der Waals surface area contributed by atoms with Crippen molar-refractivity contribution in [1.29, 1.82) is 5.26 Å². The Kier molecular flexibility index (Phi) is 3.23. The SMILES string of the molecule is C[C@]12CCCC[C@@H]1CC[C@H]1[C@@H]3[C@H](C#N)CC(=O)[C@@]3(C)CC[C@@H]12. The van der Waals surface area contributed by atoms with Gasteiger partial charge < -0.3 is 0 Å². The highest BCUT2D eigenvalue weighted by Gasteiger charge is 2.62. The summed E-state index contributed by atoms with van der Waals surface area (Å²) in [5, 5.41) is 9.62. The lowest BCUT2D eigenvalue weighted by atomic mass is 9.45. The molecule has 0 unspecified atom stereocenters. The van der Waals surface area contributed by atoms with Crippen molar-refractivity contribution in [3.8, 4) is 6.07 Å². The molecule has 4 aliphatic rings. The normalized spacial score (nSPS) is 54.0. The number of hydrogen-bond donors (Lipinski definition) is 0. The summed E-state index contributed by atoms with van der Waals surface area (Å²) in [6.07, 6.45) is 11.0.